The molecule has 0 aromatic heterocycles. The zero-order chi connectivity index (χ0) is 20.6. The molecular weight excluding hydrogens is 374 g/mol. The van der Waals surface area contributed by atoms with Crippen LogP contribution >= 0.6 is 0 Å². The minimum absolute atomic E-state index is 0.0332. The first-order valence-corrected chi connectivity index (χ1v) is 8.72. The molecule has 0 heterocycles. The highest BCUT2D eigenvalue weighted by atomic mass is 16.6. The third kappa shape index (κ3) is 5.26. The van der Waals surface area contributed by atoms with Crippen LogP contribution in [0.4, 0.5) is 5.69 Å². The number of hydrogen-bond acceptors (Lipinski definition) is 7. The van der Waals surface area contributed by atoms with Gasteiger partial charge < -0.3 is 14.6 Å². The zero-order valence-corrected chi connectivity index (χ0v) is 15.2. The summed E-state index contributed by atoms with van der Waals surface area (Å²) in [6.07, 6.45) is -0.822. The molecule has 3 aromatic rings. The number of carbonyl (C=O) groups is 2. The standard InChI is InChI=1S/C22H17NO6/c24-19-12-8-17(9-13-19)22(26)29-20(15-4-2-1-3-5-15)14-28-21(25)16-6-10-18(23-27)11-7-16/h1-13,20,24H,14H2. The Morgan fingerprint density at radius 2 is 1.41 bits per heavy atom. The maximum absolute atomic E-state index is 12.4. The van der Waals surface area contributed by atoms with Crippen molar-refractivity contribution in [2.24, 2.45) is 5.18 Å². The number of nitrogens with zero attached hydrogens (tertiary/aromatic N) is 1. The van der Waals surface area contributed by atoms with Crippen LogP contribution in [0.5, 0.6) is 5.75 Å². The number of hydrogen-bond donors (Lipinski definition) is 1. The van der Waals surface area contributed by atoms with Crippen molar-refractivity contribution >= 4 is 17.6 Å². The van der Waals surface area contributed by atoms with E-state index in [2.05, 4.69) is 5.18 Å². The van der Waals surface area contributed by atoms with Crippen molar-refractivity contribution < 1.29 is 24.2 Å². The normalized spacial score (nSPS) is 11.3. The number of esters is 2. The monoisotopic (exact) mass is 391 g/mol. The molecule has 1 unspecified atom stereocenters. The number of benzene rings is 3. The molecule has 0 aliphatic heterocycles. The third-order valence-electron chi connectivity index (χ3n) is 4.10. The molecule has 146 valence electrons. The van der Waals surface area contributed by atoms with E-state index in [9.17, 15) is 19.6 Å². The van der Waals surface area contributed by atoms with Crippen LogP contribution in [0.3, 0.4) is 0 Å². The van der Waals surface area contributed by atoms with Crippen molar-refractivity contribution in [1.82, 2.24) is 0 Å². The van der Waals surface area contributed by atoms with Crippen molar-refractivity contribution in [2.75, 3.05) is 6.61 Å². The molecule has 0 amide bonds. The lowest BCUT2D eigenvalue weighted by molar-refractivity contribution is -0.00133. The second kappa shape index (κ2) is 9.27. The number of carbonyl (C=O) groups excluding carboxylic acids is 2. The predicted molar refractivity (Wildman–Crippen MR) is 105 cm³/mol. The van der Waals surface area contributed by atoms with Gasteiger partial charge in [-0.25, -0.2) is 9.59 Å². The van der Waals surface area contributed by atoms with Crippen LogP contribution < -0.4 is 0 Å². The van der Waals surface area contributed by atoms with Gasteiger partial charge in [0, 0.05) is 0 Å². The predicted octanol–water partition coefficient (Wildman–Crippen LogP) is 4.55. The van der Waals surface area contributed by atoms with Gasteiger partial charge in [-0.1, -0.05) is 30.3 Å². The third-order valence-corrected chi connectivity index (χ3v) is 4.10. The molecule has 3 rings (SSSR count). The van der Waals surface area contributed by atoms with Gasteiger partial charge in [0.1, 0.15) is 18.0 Å². The zero-order valence-electron chi connectivity index (χ0n) is 15.2. The first-order chi connectivity index (χ1) is 14.1. The lowest BCUT2D eigenvalue weighted by Crippen LogP contribution is -2.19. The summed E-state index contributed by atoms with van der Waals surface area (Å²) in [5.74, 6) is -1.20. The second-order valence-corrected chi connectivity index (χ2v) is 6.09. The van der Waals surface area contributed by atoms with Crippen LogP contribution in [-0.4, -0.2) is 23.7 Å². The topological polar surface area (TPSA) is 102 Å². The molecule has 29 heavy (non-hydrogen) atoms. The highest BCUT2D eigenvalue weighted by molar-refractivity contribution is 5.90. The van der Waals surface area contributed by atoms with Crippen LogP contribution in [-0.2, 0) is 9.47 Å². The fraction of sp³-hybridized carbons (Fsp3) is 0.0909. The van der Waals surface area contributed by atoms with Gasteiger partial charge in [-0.05, 0) is 59.3 Å². The molecule has 0 spiro atoms. The van der Waals surface area contributed by atoms with Crippen LogP contribution in [0, 0.1) is 4.91 Å². The lowest BCUT2D eigenvalue weighted by Gasteiger charge is -2.18. The van der Waals surface area contributed by atoms with Gasteiger partial charge >= 0.3 is 11.9 Å². The Labute approximate surface area is 166 Å². The maximum atomic E-state index is 12.4. The van der Waals surface area contributed by atoms with Crippen LogP contribution in [0.2, 0.25) is 0 Å². The summed E-state index contributed by atoms with van der Waals surface area (Å²) in [6, 6.07) is 20.2. The summed E-state index contributed by atoms with van der Waals surface area (Å²) in [5.41, 5.74) is 1.36. The molecule has 0 saturated heterocycles. The quantitative estimate of drug-likeness (QED) is 0.468. The summed E-state index contributed by atoms with van der Waals surface area (Å²) in [4.78, 5) is 35.2. The minimum atomic E-state index is -0.822. The number of aromatic hydroxyl groups is 1. The molecule has 0 saturated carbocycles. The van der Waals surface area contributed by atoms with E-state index in [1.165, 1.54) is 48.5 Å². The van der Waals surface area contributed by atoms with E-state index in [0.29, 0.717) is 5.56 Å². The van der Waals surface area contributed by atoms with Crippen molar-refractivity contribution in [3.05, 3.63) is 100 Å². The van der Waals surface area contributed by atoms with Crippen molar-refractivity contribution in [3.8, 4) is 5.75 Å². The van der Waals surface area contributed by atoms with Crippen LogP contribution in [0.25, 0.3) is 0 Å². The molecule has 0 bridgehead atoms. The molecule has 7 nitrogen and oxygen atoms in total. The minimum Gasteiger partial charge on any atom is -0.508 e. The van der Waals surface area contributed by atoms with Gasteiger partial charge in [0.15, 0.2) is 6.10 Å². The van der Waals surface area contributed by atoms with Gasteiger partial charge in [-0.3, -0.25) is 0 Å². The van der Waals surface area contributed by atoms with Crippen LogP contribution in [0.1, 0.15) is 32.4 Å². The molecular formula is C22H17NO6. The van der Waals surface area contributed by atoms with E-state index in [-0.39, 0.29) is 29.2 Å². The number of ether oxygens (including phenoxy) is 2. The van der Waals surface area contributed by atoms with Crippen molar-refractivity contribution in [3.63, 3.8) is 0 Å². The molecule has 3 aromatic carbocycles. The molecule has 0 aliphatic carbocycles. The van der Waals surface area contributed by atoms with E-state index in [1.807, 2.05) is 6.07 Å². The summed E-state index contributed by atoms with van der Waals surface area (Å²) < 4.78 is 10.8. The molecule has 1 N–H and O–H groups in total. The summed E-state index contributed by atoms with van der Waals surface area (Å²) in [5, 5.41) is 12.1. The van der Waals surface area contributed by atoms with Gasteiger partial charge in [-0.2, -0.15) is 0 Å². The van der Waals surface area contributed by atoms with E-state index in [0.717, 1.165) is 0 Å². The molecule has 0 radical (unpaired) electrons. The molecule has 1 atom stereocenters. The Hall–Kier alpha value is -4.00. The highest BCUT2D eigenvalue weighted by Crippen LogP contribution is 2.21. The smallest absolute Gasteiger partial charge is 0.338 e. The van der Waals surface area contributed by atoms with E-state index < -0.39 is 18.0 Å². The van der Waals surface area contributed by atoms with Gasteiger partial charge in [0.05, 0.1) is 11.1 Å². The average molecular weight is 391 g/mol. The largest absolute Gasteiger partial charge is 0.508 e. The number of rotatable bonds is 7. The van der Waals surface area contributed by atoms with Crippen molar-refractivity contribution in [1.29, 1.82) is 0 Å². The average Bonchev–Trinajstić information content (AvgIpc) is 2.77. The first kappa shape index (κ1) is 19.8. The summed E-state index contributed by atoms with van der Waals surface area (Å²) >= 11 is 0. The lowest BCUT2D eigenvalue weighted by atomic mass is 10.1. The van der Waals surface area contributed by atoms with Crippen LogP contribution in [0.15, 0.2) is 84.0 Å². The van der Waals surface area contributed by atoms with Gasteiger partial charge in [0.25, 0.3) is 0 Å². The highest BCUT2D eigenvalue weighted by Gasteiger charge is 2.20. The molecule has 0 aliphatic rings. The Morgan fingerprint density at radius 1 is 0.828 bits per heavy atom. The Balaban J connectivity index is 1.71. The number of phenolic OH excluding ortho intramolecular Hbond substituents is 1. The maximum Gasteiger partial charge on any atom is 0.338 e. The Morgan fingerprint density at radius 3 is 2.03 bits per heavy atom. The Bertz CT molecular complexity index is 984. The SMILES string of the molecule is O=Nc1ccc(C(=O)OCC(OC(=O)c2ccc(O)cc2)c2ccccc2)cc1. The summed E-state index contributed by atoms with van der Waals surface area (Å²) in [6.45, 7) is -0.194. The van der Waals surface area contributed by atoms with E-state index in [4.69, 9.17) is 9.47 Å². The Kier molecular flexibility index (Phi) is 6.32. The van der Waals surface area contributed by atoms with Gasteiger partial charge in [0.2, 0.25) is 0 Å². The second-order valence-electron chi connectivity index (χ2n) is 6.09. The number of phenols is 1. The fourth-order valence-corrected chi connectivity index (χ4v) is 2.55. The van der Waals surface area contributed by atoms with E-state index >= 15 is 0 Å². The van der Waals surface area contributed by atoms with E-state index in [1.54, 1.807) is 24.3 Å². The number of nitroso groups, excluding NO2 is 1. The first-order valence-electron chi connectivity index (χ1n) is 8.72. The fourth-order valence-electron chi connectivity index (χ4n) is 2.55. The van der Waals surface area contributed by atoms with Gasteiger partial charge in [-0.15, -0.1) is 4.91 Å². The molecule has 0 fully saturated rings. The molecule has 7 heteroatoms. The van der Waals surface area contributed by atoms with Crippen molar-refractivity contribution in [2.45, 2.75) is 6.10 Å². The summed E-state index contributed by atoms with van der Waals surface area (Å²) in [7, 11) is 0.